The number of sulfone groups is 1. The van der Waals surface area contributed by atoms with E-state index in [1.807, 2.05) is 4.90 Å². The Labute approximate surface area is 182 Å². The van der Waals surface area contributed by atoms with Crippen LogP contribution in [0.1, 0.15) is 29.6 Å². The number of nitro groups is 1. The second-order valence-electron chi connectivity index (χ2n) is 7.38. The van der Waals surface area contributed by atoms with Gasteiger partial charge in [0, 0.05) is 31.0 Å². The Bertz CT molecular complexity index is 1280. The van der Waals surface area contributed by atoms with Crippen LogP contribution in [0.25, 0.3) is 10.2 Å². The molecule has 1 amide bonds. The third-order valence-electron chi connectivity index (χ3n) is 5.14. The van der Waals surface area contributed by atoms with Crippen LogP contribution in [0.3, 0.4) is 0 Å². The van der Waals surface area contributed by atoms with Gasteiger partial charge in [0.25, 0.3) is 11.6 Å². The zero-order valence-electron chi connectivity index (χ0n) is 16.7. The highest BCUT2D eigenvalue weighted by molar-refractivity contribution is 7.90. The number of nitro benzene ring substituents is 1. The number of thiazole rings is 1. The molecule has 31 heavy (non-hydrogen) atoms. The van der Waals surface area contributed by atoms with E-state index in [4.69, 9.17) is 0 Å². The average molecular weight is 461 g/mol. The largest absolute Gasteiger partial charge is 0.366 e. The summed E-state index contributed by atoms with van der Waals surface area (Å²) in [5.41, 5.74) is 1.13. The molecule has 4 rings (SSSR count). The Morgan fingerprint density at radius 1 is 1.16 bits per heavy atom. The molecule has 0 spiro atoms. The van der Waals surface area contributed by atoms with Gasteiger partial charge in [0.2, 0.25) is 0 Å². The zero-order chi connectivity index (χ0) is 22.2. The van der Waals surface area contributed by atoms with E-state index >= 15 is 0 Å². The summed E-state index contributed by atoms with van der Waals surface area (Å²) < 4.78 is 24.1. The van der Waals surface area contributed by atoms with Gasteiger partial charge in [-0.2, -0.15) is 0 Å². The van der Waals surface area contributed by atoms with Crippen molar-refractivity contribution in [2.24, 2.45) is 0 Å². The number of hydrogen-bond acceptors (Lipinski definition) is 8. The molecule has 1 aliphatic heterocycles. The van der Waals surface area contributed by atoms with E-state index in [0.717, 1.165) is 49.9 Å². The van der Waals surface area contributed by atoms with Crippen LogP contribution in [0.2, 0.25) is 0 Å². The zero-order valence-corrected chi connectivity index (χ0v) is 18.3. The average Bonchev–Trinajstić information content (AvgIpc) is 3.14. The van der Waals surface area contributed by atoms with Crippen LogP contribution in [-0.4, -0.2) is 43.6 Å². The summed E-state index contributed by atoms with van der Waals surface area (Å²) >= 11 is 1.14. The van der Waals surface area contributed by atoms with E-state index < -0.39 is 20.7 Å². The highest BCUT2D eigenvalue weighted by Gasteiger charge is 2.23. The molecule has 3 aromatic rings. The summed E-state index contributed by atoms with van der Waals surface area (Å²) in [6.45, 7) is 1.51. The number of aromatic nitrogens is 1. The number of hydrogen-bond donors (Lipinski definition) is 1. The fourth-order valence-corrected chi connectivity index (χ4v) is 5.19. The molecule has 1 aliphatic rings. The lowest BCUT2D eigenvalue weighted by molar-refractivity contribution is -0.384. The number of carbonyl (C=O) groups is 1. The maximum atomic E-state index is 12.7. The molecule has 0 unspecified atom stereocenters. The molecule has 1 saturated heterocycles. The van der Waals surface area contributed by atoms with Crippen LogP contribution >= 0.6 is 11.3 Å². The van der Waals surface area contributed by atoms with Crippen molar-refractivity contribution in [1.29, 1.82) is 0 Å². The van der Waals surface area contributed by atoms with Gasteiger partial charge in [-0.05, 0) is 49.6 Å². The smallest absolute Gasteiger partial charge is 0.293 e. The normalized spacial score (nSPS) is 14.5. The number of amides is 1. The van der Waals surface area contributed by atoms with Crippen molar-refractivity contribution in [3.63, 3.8) is 0 Å². The molecule has 11 heteroatoms. The van der Waals surface area contributed by atoms with E-state index in [1.165, 1.54) is 18.2 Å². The molecule has 9 nitrogen and oxygen atoms in total. The first-order chi connectivity index (χ1) is 14.7. The lowest BCUT2D eigenvalue weighted by Crippen LogP contribution is -2.30. The van der Waals surface area contributed by atoms with Crippen molar-refractivity contribution in [3.05, 3.63) is 52.1 Å². The predicted octanol–water partition coefficient (Wildman–Crippen LogP) is 3.85. The maximum Gasteiger partial charge on any atom is 0.293 e. The molecule has 0 radical (unpaired) electrons. The van der Waals surface area contributed by atoms with Crippen LogP contribution in [-0.2, 0) is 9.84 Å². The first-order valence-electron chi connectivity index (χ1n) is 9.68. The number of anilines is 2. The van der Waals surface area contributed by atoms with Gasteiger partial charge in [0.1, 0.15) is 5.69 Å². The van der Waals surface area contributed by atoms with Gasteiger partial charge in [-0.3, -0.25) is 20.2 Å². The molecular formula is C20H20N4O5S2. The van der Waals surface area contributed by atoms with Gasteiger partial charge in [0.15, 0.2) is 15.0 Å². The quantitative estimate of drug-likeness (QED) is 0.453. The predicted molar refractivity (Wildman–Crippen MR) is 120 cm³/mol. The number of nitrogens with one attached hydrogen (secondary N) is 1. The minimum absolute atomic E-state index is 0.100. The second kappa shape index (κ2) is 8.23. The molecule has 1 N–H and O–H groups in total. The van der Waals surface area contributed by atoms with Crippen molar-refractivity contribution in [3.8, 4) is 0 Å². The number of carbonyl (C=O) groups excluding carboxylic acids is 1. The van der Waals surface area contributed by atoms with Gasteiger partial charge >= 0.3 is 0 Å². The summed E-state index contributed by atoms with van der Waals surface area (Å²) in [7, 11) is -3.35. The Kier molecular flexibility index (Phi) is 5.63. The Hall–Kier alpha value is -3.05. The van der Waals surface area contributed by atoms with Crippen LogP contribution in [0, 0.1) is 10.1 Å². The molecule has 1 fully saturated rings. The summed E-state index contributed by atoms with van der Waals surface area (Å²) in [6.07, 6.45) is 4.20. The molecular weight excluding hydrogens is 440 g/mol. The fraction of sp³-hybridized carbons (Fsp3) is 0.300. The van der Waals surface area contributed by atoms with E-state index in [9.17, 15) is 23.3 Å². The van der Waals surface area contributed by atoms with Crippen LogP contribution in [0.15, 0.2) is 41.3 Å². The molecule has 2 heterocycles. The lowest BCUT2D eigenvalue weighted by Gasteiger charge is -2.28. The number of piperidine rings is 1. The Balaban J connectivity index is 1.59. The van der Waals surface area contributed by atoms with E-state index in [2.05, 4.69) is 10.3 Å². The highest BCUT2D eigenvalue weighted by Crippen LogP contribution is 2.32. The summed E-state index contributed by atoms with van der Waals surface area (Å²) in [5, 5.41) is 14.6. The van der Waals surface area contributed by atoms with Crippen LogP contribution in [0.5, 0.6) is 0 Å². The number of benzene rings is 2. The Morgan fingerprint density at radius 3 is 2.58 bits per heavy atom. The van der Waals surface area contributed by atoms with Crippen molar-refractivity contribution >= 4 is 53.8 Å². The van der Waals surface area contributed by atoms with Crippen molar-refractivity contribution in [2.45, 2.75) is 24.2 Å². The van der Waals surface area contributed by atoms with E-state index in [-0.39, 0.29) is 21.3 Å². The van der Waals surface area contributed by atoms with E-state index in [0.29, 0.717) is 15.9 Å². The van der Waals surface area contributed by atoms with Gasteiger partial charge in [-0.15, -0.1) is 0 Å². The third kappa shape index (κ3) is 4.52. The molecule has 1 aromatic heterocycles. The standard InChI is InChI=1S/C20H20N4O5S2/c1-31(28,29)14-6-7-15-18(12-14)30-20(21-15)22-19(25)13-5-8-16(17(11-13)24(26)27)23-9-3-2-4-10-23/h5-8,11-12H,2-4,9-10H2,1H3,(H,21,22,25). The lowest BCUT2D eigenvalue weighted by atomic mass is 10.1. The summed E-state index contributed by atoms with van der Waals surface area (Å²) in [6, 6.07) is 9.03. The van der Waals surface area contributed by atoms with Gasteiger partial charge in [0.05, 0.1) is 20.0 Å². The molecule has 2 aromatic carbocycles. The minimum Gasteiger partial charge on any atom is -0.366 e. The topological polar surface area (TPSA) is 123 Å². The third-order valence-corrected chi connectivity index (χ3v) is 7.18. The monoisotopic (exact) mass is 460 g/mol. The second-order valence-corrected chi connectivity index (χ2v) is 10.4. The van der Waals surface area contributed by atoms with Crippen molar-refractivity contribution < 1.29 is 18.1 Å². The minimum atomic E-state index is -3.35. The number of rotatable bonds is 5. The number of fused-ring (bicyclic) bond motifs is 1. The van der Waals surface area contributed by atoms with Gasteiger partial charge < -0.3 is 4.90 Å². The summed E-state index contributed by atoms with van der Waals surface area (Å²) in [5.74, 6) is -0.518. The first kappa shape index (κ1) is 21.2. The first-order valence-corrected chi connectivity index (χ1v) is 12.4. The molecule has 162 valence electrons. The molecule has 0 atom stereocenters. The van der Waals surface area contributed by atoms with E-state index in [1.54, 1.807) is 18.2 Å². The fourth-order valence-electron chi connectivity index (χ4n) is 3.57. The van der Waals surface area contributed by atoms with Gasteiger partial charge in [-0.25, -0.2) is 13.4 Å². The highest BCUT2D eigenvalue weighted by atomic mass is 32.2. The molecule has 0 aliphatic carbocycles. The number of nitrogens with zero attached hydrogens (tertiary/aromatic N) is 3. The summed E-state index contributed by atoms with van der Waals surface area (Å²) in [4.78, 5) is 30.3. The van der Waals surface area contributed by atoms with Crippen LogP contribution < -0.4 is 10.2 Å². The van der Waals surface area contributed by atoms with Crippen molar-refractivity contribution in [2.75, 3.05) is 29.6 Å². The maximum absolute atomic E-state index is 12.7. The Morgan fingerprint density at radius 2 is 1.90 bits per heavy atom. The van der Waals surface area contributed by atoms with Gasteiger partial charge in [-0.1, -0.05) is 11.3 Å². The molecule has 0 bridgehead atoms. The van der Waals surface area contributed by atoms with Crippen molar-refractivity contribution in [1.82, 2.24) is 4.98 Å². The van der Waals surface area contributed by atoms with Crippen LogP contribution in [0.4, 0.5) is 16.5 Å². The SMILES string of the molecule is CS(=O)(=O)c1ccc2nc(NC(=O)c3ccc(N4CCCCC4)c([N+](=O)[O-])c3)sc2c1. The molecule has 0 saturated carbocycles.